The topological polar surface area (TPSA) is 18.5 Å². The summed E-state index contributed by atoms with van der Waals surface area (Å²) < 4.78 is 0. The zero-order valence-corrected chi connectivity index (χ0v) is 8.66. The van der Waals surface area contributed by atoms with Crippen LogP contribution in [-0.2, 0) is 9.78 Å². The Morgan fingerprint density at radius 1 is 0.833 bits per heavy atom. The Kier molecular flexibility index (Phi) is 3.63. The summed E-state index contributed by atoms with van der Waals surface area (Å²) in [7, 11) is 0. The van der Waals surface area contributed by atoms with E-state index in [1.54, 1.807) is 0 Å². The van der Waals surface area contributed by atoms with Crippen LogP contribution in [0.4, 0.5) is 0 Å². The normalized spacial score (nSPS) is 36.0. The molecule has 0 radical (unpaired) electrons. The third-order valence-electron chi connectivity index (χ3n) is 2.10. The van der Waals surface area contributed by atoms with Gasteiger partial charge in [-0.25, -0.2) is 9.78 Å². The van der Waals surface area contributed by atoms with Crippen LogP contribution in [0.25, 0.3) is 0 Å². The van der Waals surface area contributed by atoms with E-state index in [1.165, 1.54) is 11.5 Å². The highest BCUT2D eigenvalue weighted by atomic mass is 32.2. The molecular formula is C8H14O2S2. The van der Waals surface area contributed by atoms with Gasteiger partial charge in [-0.05, 0) is 24.3 Å². The second-order valence-electron chi connectivity index (χ2n) is 3.16. The van der Waals surface area contributed by atoms with Gasteiger partial charge in [0.05, 0.1) is 0 Å². The number of rotatable bonds is 3. The molecule has 0 aromatic carbocycles. The summed E-state index contributed by atoms with van der Waals surface area (Å²) in [6.07, 6.45) is 3.04. The minimum absolute atomic E-state index is 0.362. The molecular weight excluding hydrogens is 192 g/mol. The Hall–Kier alpha value is 0.620. The van der Waals surface area contributed by atoms with Crippen molar-refractivity contribution >= 4 is 23.5 Å². The Labute approximate surface area is 81.7 Å². The molecule has 12 heavy (non-hydrogen) atoms. The molecule has 2 unspecified atom stereocenters. The highest BCUT2D eigenvalue weighted by Crippen LogP contribution is 2.24. The van der Waals surface area contributed by atoms with Gasteiger partial charge in [0.1, 0.15) is 12.2 Å². The maximum atomic E-state index is 5.35. The fourth-order valence-electron chi connectivity index (χ4n) is 1.33. The molecule has 2 aliphatic rings. The van der Waals surface area contributed by atoms with Crippen molar-refractivity contribution in [3.05, 3.63) is 0 Å². The van der Waals surface area contributed by atoms with Gasteiger partial charge in [-0.2, -0.15) is 23.5 Å². The molecule has 0 saturated carbocycles. The molecule has 4 heteroatoms. The van der Waals surface area contributed by atoms with Gasteiger partial charge in [0, 0.05) is 11.5 Å². The number of hydrogen-bond donors (Lipinski definition) is 0. The highest BCUT2D eigenvalue weighted by molar-refractivity contribution is 7.99. The first-order valence-corrected chi connectivity index (χ1v) is 6.74. The Morgan fingerprint density at radius 2 is 1.33 bits per heavy atom. The first-order chi connectivity index (χ1) is 5.95. The lowest BCUT2D eigenvalue weighted by molar-refractivity contribution is -0.340. The van der Waals surface area contributed by atoms with Gasteiger partial charge in [0.15, 0.2) is 0 Å². The molecule has 0 aromatic heterocycles. The van der Waals surface area contributed by atoms with Gasteiger partial charge in [-0.3, -0.25) is 0 Å². The van der Waals surface area contributed by atoms with Crippen molar-refractivity contribution in [1.29, 1.82) is 0 Å². The maximum absolute atomic E-state index is 5.35. The molecule has 2 fully saturated rings. The van der Waals surface area contributed by atoms with Gasteiger partial charge < -0.3 is 0 Å². The van der Waals surface area contributed by atoms with Gasteiger partial charge in [-0.1, -0.05) is 0 Å². The van der Waals surface area contributed by atoms with Gasteiger partial charge in [0.2, 0.25) is 0 Å². The highest BCUT2D eigenvalue weighted by Gasteiger charge is 2.21. The molecule has 0 amide bonds. The molecule has 2 heterocycles. The van der Waals surface area contributed by atoms with E-state index in [4.69, 9.17) is 9.78 Å². The van der Waals surface area contributed by atoms with E-state index in [-0.39, 0.29) is 0 Å². The van der Waals surface area contributed by atoms with E-state index in [2.05, 4.69) is 0 Å². The van der Waals surface area contributed by atoms with Crippen molar-refractivity contribution in [2.75, 3.05) is 23.0 Å². The Balaban J connectivity index is 1.60. The van der Waals surface area contributed by atoms with Crippen LogP contribution in [0.2, 0.25) is 0 Å². The molecule has 0 spiro atoms. The first kappa shape index (κ1) is 9.19. The van der Waals surface area contributed by atoms with Crippen LogP contribution < -0.4 is 0 Å². The quantitative estimate of drug-likeness (QED) is 0.519. The average molecular weight is 206 g/mol. The molecule has 2 aliphatic heterocycles. The lowest BCUT2D eigenvalue weighted by Gasteiger charge is -2.13. The average Bonchev–Trinajstić information content (AvgIpc) is 2.74. The molecule has 2 rings (SSSR count). The summed E-state index contributed by atoms with van der Waals surface area (Å²) >= 11 is 3.91. The van der Waals surface area contributed by atoms with Crippen LogP contribution in [0.5, 0.6) is 0 Å². The molecule has 2 saturated heterocycles. The van der Waals surface area contributed by atoms with Crippen molar-refractivity contribution in [1.82, 2.24) is 0 Å². The van der Waals surface area contributed by atoms with Crippen LogP contribution in [0.1, 0.15) is 12.8 Å². The lowest BCUT2D eigenvalue weighted by Crippen LogP contribution is -2.18. The van der Waals surface area contributed by atoms with E-state index in [9.17, 15) is 0 Å². The summed E-state index contributed by atoms with van der Waals surface area (Å²) in [5, 5.41) is 0. The Morgan fingerprint density at radius 3 is 1.67 bits per heavy atom. The predicted octanol–water partition coefficient (Wildman–Crippen LogP) is 1.95. The van der Waals surface area contributed by atoms with E-state index in [1.807, 2.05) is 23.5 Å². The summed E-state index contributed by atoms with van der Waals surface area (Å²) in [6.45, 7) is 0. The fourth-order valence-corrected chi connectivity index (χ4v) is 3.50. The van der Waals surface area contributed by atoms with Crippen LogP contribution >= 0.6 is 23.5 Å². The Bertz CT molecular complexity index is 115. The molecule has 2 nitrogen and oxygen atoms in total. The monoisotopic (exact) mass is 206 g/mol. The fraction of sp³-hybridized carbons (Fsp3) is 1.00. The van der Waals surface area contributed by atoms with Crippen molar-refractivity contribution in [2.24, 2.45) is 0 Å². The van der Waals surface area contributed by atoms with Gasteiger partial charge in [0.25, 0.3) is 0 Å². The van der Waals surface area contributed by atoms with Crippen LogP contribution in [0.15, 0.2) is 0 Å². The standard InChI is InChI=1S/C8H14O2S2/c1-3-11-5-7(1)9-10-8-2-4-12-6-8/h7-8H,1-6H2. The minimum atomic E-state index is 0.362. The van der Waals surface area contributed by atoms with Gasteiger partial charge in [-0.15, -0.1) is 0 Å². The second-order valence-corrected chi connectivity index (χ2v) is 5.46. The third-order valence-corrected chi connectivity index (χ3v) is 4.37. The zero-order chi connectivity index (χ0) is 8.23. The summed E-state index contributed by atoms with van der Waals surface area (Å²) in [5.74, 6) is 4.68. The lowest BCUT2D eigenvalue weighted by atomic mass is 10.3. The van der Waals surface area contributed by atoms with Crippen molar-refractivity contribution in [3.63, 3.8) is 0 Å². The van der Waals surface area contributed by atoms with Crippen LogP contribution in [0.3, 0.4) is 0 Å². The summed E-state index contributed by atoms with van der Waals surface area (Å²) in [5.41, 5.74) is 0. The zero-order valence-electron chi connectivity index (χ0n) is 7.03. The maximum Gasteiger partial charge on any atom is 0.103 e. The molecule has 0 bridgehead atoms. The molecule has 0 aliphatic carbocycles. The van der Waals surface area contributed by atoms with Crippen molar-refractivity contribution < 1.29 is 9.78 Å². The summed E-state index contributed by atoms with van der Waals surface area (Å²) in [4.78, 5) is 10.7. The minimum Gasteiger partial charge on any atom is -0.232 e. The largest absolute Gasteiger partial charge is 0.232 e. The van der Waals surface area contributed by atoms with E-state index >= 15 is 0 Å². The van der Waals surface area contributed by atoms with Crippen molar-refractivity contribution in [3.8, 4) is 0 Å². The smallest absolute Gasteiger partial charge is 0.103 e. The molecule has 2 atom stereocenters. The van der Waals surface area contributed by atoms with E-state index in [0.29, 0.717) is 12.2 Å². The number of thioether (sulfide) groups is 2. The first-order valence-electron chi connectivity index (χ1n) is 4.43. The third kappa shape index (κ3) is 2.55. The van der Waals surface area contributed by atoms with E-state index in [0.717, 1.165) is 24.3 Å². The predicted molar refractivity (Wildman–Crippen MR) is 53.6 cm³/mol. The van der Waals surface area contributed by atoms with Crippen LogP contribution in [0, 0.1) is 0 Å². The van der Waals surface area contributed by atoms with Crippen molar-refractivity contribution in [2.45, 2.75) is 25.0 Å². The molecule has 0 N–H and O–H groups in total. The van der Waals surface area contributed by atoms with Crippen LogP contribution in [-0.4, -0.2) is 35.2 Å². The number of hydrogen-bond acceptors (Lipinski definition) is 4. The molecule has 0 aromatic rings. The molecule has 70 valence electrons. The van der Waals surface area contributed by atoms with E-state index < -0.39 is 0 Å². The van der Waals surface area contributed by atoms with Gasteiger partial charge >= 0.3 is 0 Å². The second kappa shape index (κ2) is 4.74. The SMILES string of the molecule is C1CC(OOC2CCSC2)CS1. The summed E-state index contributed by atoms with van der Waals surface area (Å²) in [6, 6.07) is 0.